The first-order valence-corrected chi connectivity index (χ1v) is 14.7. The first-order valence-electron chi connectivity index (χ1n) is 11.5. The van der Waals surface area contributed by atoms with Crippen molar-refractivity contribution < 1.29 is 30.3 Å². The Balaban J connectivity index is 0.000000426. The molecule has 1 aromatic heterocycles. The Morgan fingerprint density at radius 1 is 0.684 bits per heavy atom. The van der Waals surface area contributed by atoms with Crippen LogP contribution in [0.15, 0.2) is 95.8 Å². The fraction of sp³-hybridized carbons (Fsp3) is 0.107. The zero-order valence-electron chi connectivity index (χ0n) is 20.2. The summed E-state index contributed by atoms with van der Waals surface area (Å²) in [6.45, 7) is 4.32. The summed E-state index contributed by atoms with van der Waals surface area (Å²) in [4.78, 5) is 14.5. The maximum absolute atomic E-state index is 13.3. The summed E-state index contributed by atoms with van der Waals surface area (Å²) < 4.78 is 61.4. The molecule has 0 aliphatic rings. The molecule has 1 atom stereocenters. The van der Waals surface area contributed by atoms with Crippen molar-refractivity contribution in [3.05, 3.63) is 107 Å². The average Bonchev–Trinajstić information content (AvgIpc) is 2.83. The number of phenolic OH excluding ortho intramolecular Hbond substituents is 1. The first-order chi connectivity index (χ1) is 17.5. The number of halogens is 6. The molecule has 0 saturated heterocycles. The van der Waals surface area contributed by atoms with Crippen molar-refractivity contribution in [1.82, 2.24) is 0 Å². The third-order valence-corrected chi connectivity index (χ3v) is 8.11. The van der Waals surface area contributed by atoms with Gasteiger partial charge in [-0.3, -0.25) is 4.79 Å². The van der Waals surface area contributed by atoms with E-state index in [0.29, 0.717) is 5.92 Å². The molecule has 0 radical (unpaired) electrons. The minimum absolute atomic E-state index is 0.123. The van der Waals surface area contributed by atoms with E-state index in [1.54, 1.807) is 12.1 Å². The van der Waals surface area contributed by atoms with Gasteiger partial charge in [-0.1, -0.05) is 44.2 Å². The Labute approximate surface area is 217 Å². The molecule has 4 aromatic carbocycles. The molecule has 38 heavy (non-hydrogen) atoms. The van der Waals surface area contributed by atoms with Crippen molar-refractivity contribution in [2.24, 2.45) is 0 Å². The zero-order valence-corrected chi connectivity index (χ0v) is 21.9. The summed E-state index contributed by atoms with van der Waals surface area (Å²) in [6, 6.07) is 30.2. The second-order valence-electron chi connectivity index (χ2n) is 9.07. The van der Waals surface area contributed by atoms with Gasteiger partial charge in [0.15, 0.2) is 14.3 Å². The molecule has 5 rings (SSSR count). The van der Waals surface area contributed by atoms with Crippen molar-refractivity contribution in [2.45, 2.75) is 19.8 Å². The van der Waals surface area contributed by atoms with Gasteiger partial charge >= 0.3 is 33.0 Å². The van der Waals surface area contributed by atoms with E-state index in [9.17, 15) is 35.1 Å². The second-order valence-corrected chi connectivity index (χ2v) is 13.0. The molecule has 0 amide bonds. The molecular formula is C28H23F6O2PS. The van der Waals surface area contributed by atoms with Crippen LogP contribution in [0.5, 0.6) is 5.75 Å². The number of hydrogen-bond acceptors (Lipinski definition) is 2. The molecule has 2 nitrogen and oxygen atoms in total. The third kappa shape index (κ3) is 6.91. The van der Waals surface area contributed by atoms with Crippen LogP contribution in [0.2, 0.25) is 0 Å². The number of aromatic hydroxyl groups is 1. The van der Waals surface area contributed by atoms with E-state index in [-0.39, 0.29) is 21.6 Å². The van der Waals surface area contributed by atoms with Gasteiger partial charge in [0.25, 0.3) is 0 Å². The number of fused-ring (bicyclic) bond motifs is 2. The van der Waals surface area contributed by atoms with Crippen molar-refractivity contribution in [3.63, 3.8) is 0 Å². The van der Waals surface area contributed by atoms with Crippen LogP contribution >= 0.6 is 18.3 Å². The third-order valence-electron chi connectivity index (χ3n) is 5.78. The van der Waals surface area contributed by atoms with Crippen molar-refractivity contribution in [2.75, 3.05) is 0 Å². The predicted molar refractivity (Wildman–Crippen MR) is 146 cm³/mol. The van der Waals surface area contributed by atoms with Gasteiger partial charge in [-0.2, -0.15) is 0 Å². The number of benzene rings is 4. The molecule has 0 aliphatic carbocycles. The Bertz CT molecular complexity index is 1680. The van der Waals surface area contributed by atoms with Gasteiger partial charge in [0, 0.05) is 10.5 Å². The van der Waals surface area contributed by atoms with Gasteiger partial charge in [0.05, 0.1) is 10.8 Å². The Morgan fingerprint density at radius 3 is 1.74 bits per heavy atom. The number of phenols is 1. The van der Waals surface area contributed by atoms with Crippen molar-refractivity contribution in [3.8, 4) is 21.8 Å². The van der Waals surface area contributed by atoms with Crippen LogP contribution in [-0.4, -0.2) is 5.11 Å². The quantitative estimate of drug-likeness (QED) is 0.102. The van der Waals surface area contributed by atoms with Gasteiger partial charge in [-0.15, -0.1) is 0 Å². The standard InChI is InChI=1S/C28H22O2S.F6P/c1-18(2)21-11-16-27-25(17-21)28(30)24-5-3-4-6-26(24)31(27)23-14-9-20(10-15-23)19-7-12-22(29)13-8-19;1-7(2,3,4,5)6/h3-18H,1-2H3;/q;-1/p+1. The van der Waals surface area contributed by atoms with Crippen LogP contribution in [0.25, 0.3) is 36.2 Å². The monoisotopic (exact) mass is 568 g/mol. The van der Waals surface area contributed by atoms with Gasteiger partial charge in [-0.25, -0.2) is 0 Å². The van der Waals surface area contributed by atoms with E-state index in [1.807, 2.05) is 30.3 Å². The Morgan fingerprint density at radius 2 is 1.18 bits per heavy atom. The van der Waals surface area contributed by atoms with E-state index in [2.05, 4.69) is 62.4 Å². The second kappa shape index (κ2) is 9.10. The van der Waals surface area contributed by atoms with Crippen LogP contribution in [0, 0.1) is 0 Å². The molecular weight excluding hydrogens is 545 g/mol. The van der Waals surface area contributed by atoms with Gasteiger partial charge in [0.2, 0.25) is 5.43 Å². The maximum atomic E-state index is 13.3. The van der Waals surface area contributed by atoms with E-state index in [0.717, 1.165) is 31.3 Å². The van der Waals surface area contributed by atoms with Crippen LogP contribution < -0.4 is 5.43 Å². The zero-order chi connectivity index (χ0) is 27.9. The molecule has 200 valence electrons. The van der Waals surface area contributed by atoms with E-state index < -0.39 is 7.81 Å². The molecule has 1 heterocycles. The predicted octanol–water partition coefficient (Wildman–Crippen LogP) is 11.0. The summed E-state index contributed by atoms with van der Waals surface area (Å²) in [6.07, 6.45) is 0. The molecule has 0 fully saturated rings. The molecule has 1 N–H and O–H groups in total. The summed E-state index contributed by atoms with van der Waals surface area (Å²) in [5, 5.41) is 11.2. The van der Waals surface area contributed by atoms with Gasteiger partial charge in [0.1, 0.15) is 5.75 Å². The normalized spacial score (nSPS) is 14.1. The summed E-state index contributed by atoms with van der Waals surface area (Å²) in [5.41, 5.74) is 3.48. The average molecular weight is 569 g/mol. The molecule has 0 saturated carbocycles. The Kier molecular flexibility index (Phi) is 6.61. The van der Waals surface area contributed by atoms with Gasteiger partial charge in [-0.05, 0) is 83.3 Å². The summed E-state index contributed by atoms with van der Waals surface area (Å²) in [5.74, 6) is 0.643. The van der Waals surface area contributed by atoms with E-state index in [4.69, 9.17) is 0 Å². The molecule has 0 bridgehead atoms. The van der Waals surface area contributed by atoms with Crippen molar-refractivity contribution >= 4 is 38.5 Å². The molecule has 5 aromatic rings. The fourth-order valence-corrected chi connectivity index (χ4v) is 6.37. The van der Waals surface area contributed by atoms with Crippen LogP contribution in [-0.2, 0) is 0 Å². The number of hydrogen-bond donors (Lipinski definition) is 1. The van der Waals surface area contributed by atoms with E-state index >= 15 is 0 Å². The van der Waals surface area contributed by atoms with Crippen molar-refractivity contribution in [1.29, 1.82) is 0 Å². The Hall–Kier alpha value is -3.42. The van der Waals surface area contributed by atoms with E-state index in [1.165, 1.54) is 10.5 Å². The van der Waals surface area contributed by atoms with Gasteiger partial charge < -0.3 is 5.11 Å². The van der Waals surface area contributed by atoms with Crippen LogP contribution in [0.4, 0.5) is 25.2 Å². The molecule has 10 heteroatoms. The topological polar surface area (TPSA) is 37.3 Å². The first kappa shape index (κ1) is 27.6. The van der Waals surface area contributed by atoms with Crippen LogP contribution in [0.3, 0.4) is 0 Å². The fourth-order valence-electron chi connectivity index (χ4n) is 4.05. The molecule has 1 unspecified atom stereocenters. The minimum atomic E-state index is -10.7. The summed E-state index contributed by atoms with van der Waals surface area (Å²) >= 11 is 0. The molecule has 0 aliphatic heterocycles. The SMILES string of the molecule is CC(C)c1ccc2c(c1)c(=O)c1ccccc1[s+]2-c1ccc(-c2ccc(O)cc2)cc1.F[P-](F)(F)(F)(F)F. The number of rotatable bonds is 3. The summed E-state index contributed by atoms with van der Waals surface area (Å²) in [7, 11) is -11.0. The van der Waals surface area contributed by atoms with Crippen LogP contribution in [0.1, 0.15) is 25.3 Å². The molecule has 0 spiro atoms.